The lowest BCUT2D eigenvalue weighted by atomic mass is 10.1. The number of rotatable bonds is 3. The van der Waals surface area contributed by atoms with Crippen LogP contribution in [0, 0.1) is 0 Å². The third kappa shape index (κ3) is 3.00. The molecule has 0 unspecified atom stereocenters. The van der Waals surface area contributed by atoms with Gasteiger partial charge < -0.3 is 14.5 Å². The lowest BCUT2D eigenvalue weighted by Gasteiger charge is -2.35. The molecular formula is C16H18N4O2. The highest BCUT2D eigenvalue weighted by atomic mass is 16.5. The molecule has 0 spiro atoms. The summed E-state index contributed by atoms with van der Waals surface area (Å²) in [4.78, 5) is 24.9. The molecule has 0 saturated carbocycles. The van der Waals surface area contributed by atoms with Crippen LogP contribution in [0.1, 0.15) is 10.4 Å². The molecule has 6 heteroatoms. The predicted octanol–water partition coefficient (Wildman–Crippen LogP) is 1.45. The van der Waals surface area contributed by atoms with Crippen LogP contribution in [-0.2, 0) is 0 Å². The van der Waals surface area contributed by atoms with Crippen molar-refractivity contribution < 1.29 is 9.53 Å². The first-order chi connectivity index (χ1) is 10.8. The fraction of sp³-hybridized carbons (Fsp3) is 0.312. The Balaban J connectivity index is 1.62. The highest BCUT2D eigenvalue weighted by Crippen LogP contribution is 2.16. The highest BCUT2D eigenvalue weighted by molar-refractivity contribution is 5.94. The first kappa shape index (κ1) is 14.3. The van der Waals surface area contributed by atoms with Crippen molar-refractivity contribution >= 4 is 11.7 Å². The molecule has 1 amide bonds. The molecule has 1 saturated heterocycles. The van der Waals surface area contributed by atoms with Gasteiger partial charge in [0.1, 0.15) is 11.6 Å². The van der Waals surface area contributed by atoms with Gasteiger partial charge in [0.25, 0.3) is 5.91 Å². The molecule has 1 aromatic carbocycles. The third-order valence-electron chi connectivity index (χ3n) is 3.78. The molecule has 1 aliphatic heterocycles. The maximum Gasteiger partial charge on any atom is 0.253 e. The van der Waals surface area contributed by atoms with E-state index in [1.165, 1.54) is 0 Å². The van der Waals surface area contributed by atoms with Gasteiger partial charge in [-0.15, -0.1) is 0 Å². The smallest absolute Gasteiger partial charge is 0.253 e. The predicted molar refractivity (Wildman–Crippen MR) is 83.1 cm³/mol. The standard InChI is InChI=1S/C16H18N4O2/c1-22-14-4-2-13(3-5-14)16(21)20-10-8-19(9-11-20)15-12-17-6-7-18-15/h2-7,12H,8-11H2,1H3. The number of hydrogen-bond acceptors (Lipinski definition) is 5. The molecule has 3 rings (SSSR count). The monoisotopic (exact) mass is 298 g/mol. The molecular weight excluding hydrogens is 280 g/mol. The number of amides is 1. The minimum atomic E-state index is 0.0569. The first-order valence-corrected chi connectivity index (χ1v) is 7.22. The number of carbonyl (C=O) groups excluding carboxylic acids is 1. The summed E-state index contributed by atoms with van der Waals surface area (Å²) in [7, 11) is 1.61. The number of methoxy groups -OCH3 is 1. The normalized spacial score (nSPS) is 14.8. The fourth-order valence-corrected chi connectivity index (χ4v) is 2.51. The Kier molecular flexibility index (Phi) is 4.18. The van der Waals surface area contributed by atoms with Gasteiger partial charge in [0, 0.05) is 44.1 Å². The van der Waals surface area contributed by atoms with E-state index in [1.54, 1.807) is 37.8 Å². The Morgan fingerprint density at radius 1 is 1.09 bits per heavy atom. The lowest BCUT2D eigenvalue weighted by molar-refractivity contribution is 0.0746. The van der Waals surface area contributed by atoms with Crippen molar-refractivity contribution in [1.29, 1.82) is 0 Å². The second-order valence-corrected chi connectivity index (χ2v) is 5.07. The zero-order chi connectivity index (χ0) is 15.4. The molecule has 0 aliphatic carbocycles. The second kappa shape index (κ2) is 6.43. The van der Waals surface area contributed by atoms with Crippen LogP contribution < -0.4 is 9.64 Å². The zero-order valence-electron chi connectivity index (χ0n) is 12.5. The molecule has 22 heavy (non-hydrogen) atoms. The minimum absolute atomic E-state index is 0.0569. The van der Waals surface area contributed by atoms with Gasteiger partial charge in [0.2, 0.25) is 0 Å². The fourth-order valence-electron chi connectivity index (χ4n) is 2.51. The van der Waals surface area contributed by atoms with Crippen LogP contribution in [0.3, 0.4) is 0 Å². The molecule has 0 bridgehead atoms. The number of hydrogen-bond donors (Lipinski definition) is 0. The highest BCUT2D eigenvalue weighted by Gasteiger charge is 2.22. The third-order valence-corrected chi connectivity index (χ3v) is 3.78. The van der Waals surface area contributed by atoms with E-state index in [0.717, 1.165) is 24.7 Å². The van der Waals surface area contributed by atoms with Crippen molar-refractivity contribution in [3.63, 3.8) is 0 Å². The number of nitrogens with zero attached hydrogens (tertiary/aromatic N) is 4. The molecule has 1 fully saturated rings. The number of anilines is 1. The Morgan fingerprint density at radius 2 is 1.82 bits per heavy atom. The minimum Gasteiger partial charge on any atom is -0.497 e. The van der Waals surface area contributed by atoms with Gasteiger partial charge >= 0.3 is 0 Å². The van der Waals surface area contributed by atoms with Crippen molar-refractivity contribution in [3.8, 4) is 5.75 Å². The SMILES string of the molecule is COc1ccc(C(=O)N2CCN(c3cnccn3)CC2)cc1. The van der Waals surface area contributed by atoms with E-state index in [0.29, 0.717) is 18.7 Å². The van der Waals surface area contributed by atoms with Gasteiger partial charge in [-0.2, -0.15) is 0 Å². The number of piperazine rings is 1. The molecule has 0 N–H and O–H groups in total. The van der Waals surface area contributed by atoms with Gasteiger partial charge in [0.05, 0.1) is 13.3 Å². The van der Waals surface area contributed by atoms with Gasteiger partial charge in [-0.3, -0.25) is 9.78 Å². The number of carbonyl (C=O) groups is 1. The number of benzene rings is 1. The average Bonchev–Trinajstić information content (AvgIpc) is 2.62. The molecule has 1 aliphatic rings. The first-order valence-electron chi connectivity index (χ1n) is 7.22. The molecule has 6 nitrogen and oxygen atoms in total. The summed E-state index contributed by atoms with van der Waals surface area (Å²) >= 11 is 0. The summed E-state index contributed by atoms with van der Waals surface area (Å²) in [5, 5.41) is 0. The van der Waals surface area contributed by atoms with E-state index in [1.807, 2.05) is 17.0 Å². The van der Waals surface area contributed by atoms with E-state index in [9.17, 15) is 4.79 Å². The van der Waals surface area contributed by atoms with Crippen LogP contribution in [0.5, 0.6) is 5.75 Å². The van der Waals surface area contributed by atoms with Crippen LogP contribution in [0.2, 0.25) is 0 Å². The maximum absolute atomic E-state index is 12.5. The van der Waals surface area contributed by atoms with Crippen molar-refractivity contribution in [2.45, 2.75) is 0 Å². The lowest BCUT2D eigenvalue weighted by Crippen LogP contribution is -2.49. The van der Waals surface area contributed by atoms with Crippen molar-refractivity contribution in [1.82, 2.24) is 14.9 Å². The molecule has 2 aromatic rings. The van der Waals surface area contributed by atoms with E-state index >= 15 is 0 Å². The maximum atomic E-state index is 12.5. The molecule has 1 aromatic heterocycles. The molecule has 2 heterocycles. The summed E-state index contributed by atoms with van der Waals surface area (Å²) in [5.41, 5.74) is 0.689. The average molecular weight is 298 g/mol. The number of aromatic nitrogens is 2. The van der Waals surface area contributed by atoms with Gasteiger partial charge in [-0.1, -0.05) is 0 Å². The number of ether oxygens (including phenoxy) is 1. The Bertz CT molecular complexity index is 622. The van der Waals surface area contributed by atoms with E-state index in [2.05, 4.69) is 14.9 Å². The van der Waals surface area contributed by atoms with Crippen LogP contribution in [-0.4, -0.2) is 54.1 Å². The van der Waals surface area contributed by atoms with E-state index in [-0.39, 0.29) is 5.91 Å². The summed E-state index contributed by atoms with van der Waals surface area (Å²) < 4.78 is 5.11. The quantitative estimate of drug-likeness (QED) is 0.858. The van der Waals surface area contributed by atoms with Crippen molar-refractivity contribution in [2.24, 2.45) is 0 Å². The Hall–Kier alpha value is -2.63. The molecule has 0 radical (unpaired) electrons. The van der Waals surface area contributed by atoms with E-state index in [4.69, 9.17) is 4.74 Å². The Labute approximate surface area is 129 Å². The molecule has 114 valence electrons. The summed E-state index contributed by atoms with van der Waals surface area (Å²) in [5.74, 6) is 1.67. The largest absolute Gasteiger partial charge is 0.497 e. The summed E-state index contributed by atoms with van der Waals surface area (Å²) in [6.07, 6.45) is 5.10. The zero-order valence-corrected chi connectivity index (χ0v) is 12.5. The van der Waals surface area contributed by atoms with Crippen LogP contribution in [0.15, 0.2) is 42.9 Å². The van der Waals surface area contributed by atoms with E-state index < -0.39 is 0 Å². The van der Waals surface area contributed by atoms with Crippen molar-refractivity contribution in [3.05, 3.63) is 48.4 Å². The van der Waals surface area contributed by atoms with Gasteiger partial charge in [-0.25, -0.2) is 4.98 Å². The van der Waals surface area contributed by atoms with Gasteiger partial charge in [0.15, 0.2) is 0 Å². The molecule has 0 atom stereocenters. The van der Waals surface area contributed by atoms with Crippen molar-refractivity contribution in [2.75, 3.05) is 38.2 Å². The van der Waals surface area contributed by atoms with Crippen LogP contribution in [0.4, 0.5) is 5.82 Å². The summed E-state index contributed by atoms with van der Waals surface area (Å²) in [6.45, 7) is 2.89. The Morgan fingerprint density at radius 3 is 2.41 bits per heavy atom. The summed E-state index contributed by atoms with van der Waals surface area (Å²) in [6, 6.07) is 7.22. The second-order valence-electron chi connectivity index (χ2n) is 5.07. The van der Waals surface area contributed by atoms with Crippen LogP contribution >= 0.6 is 0 Å². The topological polar surface area (TPSA) is 58.6 Å². The van der Waals surface area contributed by atoms with Crippen LogP contribution in [0.25, 0.3) is 0 Å². The van der Waals surface area contributed by atoms with Gasteiger partial charge in [-0.05, 0) is 24.3 Å².